The van der Waals surface area contributed by atoms with E-state index in [0.717, 1.165) is 25.8 Å². The number of rotatable bonds is 4. The molecule has 0 spiro atoms. The second kappa shape index (κ2) is 5.07. The Bertz CT molecular complexity index is 278. The van der Waals surface area contributed by atoms with Crippen molar-refractivity contribution in [3.63, 3.8) is 0 Å². The number of nitrogens with zero attached hydrogens (tertiary/aromatic N) is 1. The van der Waals surface area contributed by atoms with E-state index in [1.807, 2.05) is 7.05 Å². The summed E-state index contributed by atoms with van der Waals surface area (Å²) in [6, 6.07) is 0. The summed E-state index contributed by atoms with van der Waals surface area (Å²) in [5, 5.41) is 9.76. The lowest BCUT2D eigenvalue weighted by Gasteiger charge is -2.36. The molecule has 0 aromatic heterocycles. The zero-order valence-electron chi connectivity index (χ0n) is 11.9. The lowest BCUT2D eigenvalue weighted by atomic mass is 9.71. The van der Waals surface area contributed by atoms with E-state index in [1.54, 1.807) is 13.8 Å². The van der Waals surface area contributed by atoms with Gasteiger partial charge < -0.3 is 10.0 Å². The average Bonchev–Trinajstić information content (AvgIpc) is 2.09. The molecule has 0 bridgehead atoms. The van der Waals surface area contributed by atoms with E-state index in [9.17, 15) is 9.90 Å². The first-order chi connectivity index (χ1) is 7.62. The molecule has 1 fully saturated rings. The first-order valence-electron chi connectivity index (χ1n) is 6.57. The number of ketones is 1. The maximum absolute atomic E-state index is 12.3. The number of carbonyl (C=O) groups is 1. The number of likely N-dealkylation sites (N-methyl/N-ethyl adjacent to an activating group) is 1. The smallest absolute Gasteiger partial charge is 0.142 e. The largest absolute Gasteiger partial charge is 0.389 e. The third-order valence-corrected chi connectivity index (χ3v) is 3.58. The fourth-order valence-electron chi connectivity index (χ4n) is 2.87. The van der Waals surface area contributed by atoms with E-state index in [-0.39, 0.29) is 11.3 Å². The van der Waals surface area contributed by atoms with Crippen LogP contribution in [0, 0.1) is 11.3 Å². The van der Waals surface area contributed by atoms with Crippen LogP contribution in [0.4, 0.5) is 0 Å². The van der Waals surface area contributed by atoms with Crippen LogP contribution in [0.5, 0.6) is 0 Å². The lowest BCUT2D eigenvalue weighted by Crippen LogP contribution is -2.44. The highest BCUT2D eigenvalue weighted by atomic mass is 16.3. The van der Waals surface area contributed by atoms with Crippen molar-refractivity contribution in [1.82, 2.24) is 4.90 Å². The van der Waals surface area contributed by atoms with Gasteiger partial charge in [0.1, 0.15) is 5.78 Å². The summed E-state index contributed by atoms with van der Waals surface area (Å²) in [6.45, 7) is 9.09. The summed E-state index contributed by atoms with van der Waals surface area (Å²) in [4.78, 5) is 14.3. The van der Waals surface area contributed by atoms with E-state index in [1.165, 1.54) is 0 Å². The number of hydrogen-bond acceptors (Lipinski definition) is 3. The summed E-state index contributed by atoms with van der Waals surface area (Å²) >= 11 is 0. The molecule has 3 nitrogen and oxygen atoms in total. The molecule has 0 aromatic rings. The fourth-order valence-corrected chi connectivity index (χ4v) is 2.87. The first kappa shape index (κ1) is 14.7. The average molecular weight is 241 g/mol. The summed E-state index contributed by atoms with van der Waals surface area (Å²) in [5.74, 6) is 0.539. The second-order valence-corrected chi connectivity index (χ2v) is 6.85. The highest BCUT2D eigenvalue weighted by Gasteiger charge is 2.37. The van der Waals surface area contributed by atoms with Gasteiger partial charge >= 0.3 is 0 Å². The predicted octanol–water partition coefficient (Wildman–Crippen LogP) is 2.08. The van der Waals surface area contributed by atoms with Crippen LogP contribution in [0.1, 0.15) is 47.0 Å². The molecule has 0 aliphatic heterocycles. The standard InChI is InChI=1S/C14H27NO2/c1-13(2)8-6-7-11(12(13)16)9-15(5)10-14(3,4)17/h11,17H,6-10H2,1-5H3. The van der Waals surface area contributed by atoms with E-state index in [0.29, 0.717) is 12.3 Å². The Kier molecular flexibility index (Phi) is 4.37. The molecule has 0 radical (unpaired) electrons. The van der Waals surface area contributed by atoms with Gasteiger partial charge in [0.25, 0.3) is 0 Å². The minimum atomic E-state index is -0.692. The maximum atomic E-state index is 12.3. The van der Waals surface area contributed by atoms with Crippen LogP contribution in [0.15, 0.2) is 0 Å². The first-order valence-corrected chi connectivity index (χ1v) is 6.57. The zero-order valence-corrected chi connectivity index (χ0v) is 11.9. The van der Waals surface area contributed by atoms with Gasteiger partial charge in [-0.05, 0) is 33.7 Å². The van der Waals surface area contributed by atoms with Crippen molar-refractivity contribution in [1.29, 1.82) is 0 Å². The molecule has 1 N–H and O–H groups in total. The Balaban J connectivity index is 2.54. The van der Waals surface area contributed by atoms with Crippen molar-refractivity contribution in [2.24, 2.45) is 11.3 Å². The summed E-state index contributed by atoms with van der Waals surface area (Å²) in [7, 11) is 1.98. The fraction of sp³-hybridized carbons (Fsp3) is 0.929. The van der Waals surface area contributed by atoms with Crippen LogP contribution >= 0.6 is 0 Å². The second-order valence-electron chi connectivity index (χ2n) is 6.85. The quantitative estimate of drug-likeness (QED) is 0.819. The zero-order chi connectivity index (χ0) is 13.3. The van der Waals surface area contributed by atoms with Gasteiger partial charge in [-0.25, -0.2) is 0 Å². The molecule has 3 heteroatoms. The molecule has 100 valence electrons. The number of carbonyl (C=O) groups excluding carboxylic acids is 1. The van der Waals surface area contributed by atoms with Gasteiger partial charge in [-0.3, -0.25) is 4.79 Å². The topological polar surface area (TPSA) is 40.5 Å². The van der Waals surface area contributed by atoms with Gasteiger partial charge in [-0.2, -0.15) is 0 Å². The SMILES string of the molecule is CN(CC1CCCC(C)(C)C1=O)CC(C)(C)O. The molecule has 0 saturated heterocycles. The molecule has 1 aliphatic rings. The Morgan fingerprint density at radius 1 is 1.47 bits per heavy atom. The van der Waals surface area contributed by atoms with Crippen LogP contribution in [-0.2, 0) is 4.79 Å². The van der Waals surface area contributed by atoms with Crippen molar-refractivity contribution in [2.75, 3.05) is 20.1 Å². The predicted molar refractivity (Wildman–Crippen MR) is 69.9 cm³/mol. The van der Waals surface area contributed by atoms with Crippen molar-refractivity contribution in [3.05, 3.63) is 0 Å². The van der Waals surface area contributed by atoms with Crippen molar-refractivity contribution in [2.45, 2.75) is 52.6 Å². The van der Waals surface area contributed by atoms with Gasteiger partial charge in [0.15, 0.2) is 0 Å². The summed E-state index contributed by atoms with van der Waals surface area (Å²) < 4.78 is 0. The minimum absolute atomic E-state index is 0.145. The Morgan fingerprint density at radius 3 is 2.59 bits per heavy atom. The summed E-state index contributed by atoms with van der Waals surface area (Å²) in [5.41, 5.74) is -0.847. The van der Waals surface area contributed by atoms with E-state index >= 15 is 0 Å². The number of aliphatic hydroxyl groups is 1. The van der Waals surface area contributed by atoms with Gasteiger partial charge in [0, 0.05) is 24.4 Å². The highest BCUT2D eigenvalue weighted by molar-refractivity contribution is 5.87. The van der Waals surface area contributed by atoms with E-state index in [2.05, 4.69) is 18.7 Å². The molecule has 0 amide bonds. The summed E-state index contributed by atoms with van der Waals surface area (Å²) in [6.07, 6.45) is 3.15. The molecule has 1 aliphatic carbocycles. The van der Waals surface area contributed by atoms with Gasteiger partial charge in [0.2, 0.25) is 0 Å². The maximum Gasteiger partial charge on any atom is 0.142 e. The van der Waals surface area contributed by atoms with Crippen molar-refractivity contribution < 1.29 is 9.90 Å². The minimum Gasteiger partial charge on any atom is -0.389 e. The Hall–Kier alpha value is -0.410. The highest BCUT2D eigenvalue weighted by Crippen LogP contribution is 2.35. The van der Waals surface area contributed by atoms with Crippen LogP contribution in [0.25, 0.3) is 0 Å². The van der Waals surface area contributed by atoms with Gasteiger partial charge in [-0.1, -0.05) is 20.3 Å². The molecule has 1 saturated carbocycles. The van der Waals surface area contributed by atoms with Crippen LogP contribution in [-0.4, -0.2) is 41.5 Å². The molecule has 0 aromatic carbocycles. The van der Waals surface area contributed by atoms with E-state index < -0.39 is 5.60 Å². The van der Waals surface area contributed by atoms with Crippen LogP contribution < -0.4 is 0 Å². The van der Waals surface area contributed by atoms with Gasteiger partial charge in [-0.15, -0.1) is 0 Å². The van der Waals surface area contributed by atoms with E-state index in [4.69, 9.17) is 0 Å². The Morgan fingerprint density at radius 2 is 2.06 bits per heavy atom. The molecule has 1 rings (SSSR count). The molecular formula is C14H27NO2. The third-order valence-electron chi connectivity index (χ3n) is 3.58. The molecule has 1 unspecified atom stereocenters. The van der Waals surface area contributed by atoms with Gasteiger partial charge in [0.05, 0.1) is 5.60 Å². The normalized spacial score (nSPS) is 25.4. The van der Waals surface area contributed by atoms with Crippen molar-refractivity contribution >= 4 is 5.78 Å². The molecule has 0 heterocycles. The number of hydrogen-bond donors (Lipinski definition) is 1. The lowest BCUT2D eigenvalue weighted by molar-refractivity contribution is -0.135. The molecular weight excluding hydrogens is 214 g/mol. The van der Waals surface area contributed by atoms with Crippen LogP contribution in [0.3, 0.4) is 0 Å². The molecule has 17 heavy (non-hydrogen) atoms. The molecule has 1 atom stereocenters. The number of Topliss-reactive ketones (excluding diaryl/α,β-unsaturated/α-hetero) is 1. The van der Waals surface area contributed by atoms with Crippen molar-refractivity contribution in [3.8, 4) is 0 Å². The Labute approximate surface area is 105 Å². The van der Waals surface area contributed by atoms with Crippen LogP contribution in [0.2, 0.25) is 0 Å². The monoisotopic (exact) mass is 241 g/mol. The third kappa shape index (κ3) is 4.40.